The van der Waals surface area contributed by atoms with Gasteiger partial charge in [0.1, 0.15) is 22.3 Å². The predicted molar refractivity (Wildman–Crippen MR) is 105 cm³/mol. The molecule has 27 heavy (non-hydrogen) atoms. The van der Waals surface area contributed by atoms with Crippen LogP contribution in [0.25, 0.3) is 0 Å². The second kappa shape index (κ2) is 8.00. The van der Waals surface area contributed by atoms with Crippen LogP contribution < -0.4 is 9.64 Å². The van der Waals surface area contributed by atoms with Gasteiger partial charge in [0.05, 0.1) is 7.11 Å². The highest BCUT2D eigenvalue weighted by Gasteiger charge is 2.31. The van der Waals surface area contributed by atoms with Crippen molar-refractivity contribution in [2.75, 3.05) is 38.2 Å². The minimum atomic E-state index is -3.69. The van der Waals surface area contributed by atoms with Crippen molar-refractivity contribution in [1.82, 2.24) is 14.3 Å². The molecule has 2 heterocycles. The summed E-state index contributed by atoms with van der Waals surface area (Å²) in [6.45, 7) is 5.76. The summed E-state index contributed by atoms with van der Waals surface area (Å²) < 4.78 is 32.8. The Hall–Kier alpha value is -1.90. The van der Waals surface area contributed by atoms with Crippen molar-refractivity contribution in [2.24, 2.45) is 0 Å². The molecule has 0 unspecified atom stereocenters. The Balaban J connectivity index is 1.79. The number of halogens is 1. The molecule has 1 aliphatic heterocycles. The van der Waals surface area contributed by atoms with Gasteiger partial charge < -0.3 is 9.64 Å². The Kier molecular flexibility index (Phi) is 5.88. The number of methoxy groups -OCH3 is 1. The molecule has 0 radical (unpaired) electrons. The number of piperazine rings is 1. The highest BCUT2D eigenvalue weighted by atomic mass is 35.5. The van der Waals surface area contributed by atoms with E-state index in [9.17, 15) is 8.42 Å². The van der Waals surface area contributed by atoms with Crippen molar-refractivity contribution in [3.8, 4) is 5.75 Å². The summed E-state index contributed by atoms with van der Waals surface area (Å²) >= 11 is 6.00. The van der Waals surface area contributed by atoms with Gasteiger partial charge in [-0.15, -0.1) is 0 Å². The lowest BCUT2D eigenvalue weighted by molar-refractivity contribution is 0.373. The van der Waals surface area contributed by atoms with Gasteiger partial charge in [-0.2, -0.15) is 4.31 Å². The van der Waals surface area contributed by atoms with E-state index in [0.717, 1.165) is 23.8 Å². The molecule has 0 N–H and O–H groups in total. The van der Waals surface area contributed by atoms with Crippen LogP contribution in [0.1, 0.15) is 18.4 Å². The number of sulfonamides is 1. The van der Waals surface area contributed by atoms with Crippen molar-refractivity contribution in [2.45, 2.75) is 25.2 Å². The molecule has 1 aromatic carbocycles. The fourth-order valence-electron chi connectivity index (χ4n) is 3.10. The number of nitrogens with zero attached hydrogens (tertiary/aromatic N) is 4. The van der Waals surface area contributed by atoms with Crippen LogP contribution in [0.15, 0.2) is 29.2 Å². The maximum absolute atomic E-state index is 13.1. The van der Waals surface area contributed by atoms with E-state index < -0.39 is 10.0 Å². The normalized spacial score (nSPS) is 15.8. The van der Waals surface area contributed by atoms with Gasteiger partial charge in [-0.1, -0.05) is 18.5 Å². The van der Waals surface area contributed by atoms with E-state index in [1.165, 1.54) is 17.5 Å². The second-order valence-corrected chi connectivity index (χ2v) is 8.65. The molecular formula is C18H23ClN4O3S. The second-order valence-electron chi connectivity index (χ2n) is 6.30. The summed E-state index contributed by atoms with van der Waals surface area (Å²) in [6, 6.07) is 6.59. The average Bonchev–Trinajstić information content (AvgIpc) is 2.67. The molecule has 0 atom stereocenters. The molecule has 9 heteroatoms. The number of aromatic nitrogens is 2. The summed E-state index contributed by atoms with van der Waals surface area (Å²) in [6.07, 6.45) is 0.833. The SMILES string of the molecule is CCc1cc(N2CCN(S(=O)(=O)c3cc(Cl)ccc3OC)CC2)nc(C)n1. The number of aryl methyl sites for hydroxylation is 2. The van der Waals surface area contributed by atoms with Gasteiger partial charge in [0.2, 0.25) is 10.0 Å². The zero-order valence-corrected chi connectivity index (χ0v) is 17.2. The van der Waals surface area contributed by atoms with Crippen molar-refractivity contribution in [3.63, 3.8) is 0 Å². The fraction of sp³-hybridized carbons (Fsp3) is 0.444. The van der Waals surface area contributed by atoms with E-state index in [-0.39, 0.29) is 4.90 Å². The Morgan fingerprint density at radius 2 is 1.85 bits per heavy atom. The molecule has 146 valence electrons. The number of hydrogen-bond acceptors (Lipinski definition) is 6. The van der Waals surface area contributed by atoms with E-state index in [1.807, 2.05) is 13.0 Å². The molecular weight excluding hydrogens is 388 g/mol. The monoisotopic (exact) mass is 410 g/mol. The first-order chi connectivity index (χ1) is 12.8. The van der Waals surface area contributed by atoms with Gasteiger partial charge in [0.25, 0.3) is 0 Å². The van der Waals surface area contributed by atoms with Crippen LogP contribution in [-0.4, -0.2) is 56.0 Å². The van der Waals surface area contributed by atoms with Crippen LogP contribution in [0.5, 0.6) is 5.75 Å². The Bertz CT molecular complexity index is 928. The summed E-state index contributed by atoms with van der Waals surface area (Å²) in [5.74, 6) is 1.86. The fourth-order valence-corrected chi connectivity index (χ4v) is 4.94. The molecule has 0 bridgehead atoms. The number of hydrogen-bond donors (Lipinski definition) is 0. The molecule has 0 spiro atoms. The minimum absolute atomic E-state index is 0.0945. The summed E-state index contributed by atoms with van der Waals surface area (Å²) in [5, 5.41) is 0.358. The van der Waals surface area contributed by atoms with E-state index >= 15 is 0 Å². The first-order valence-corrected chi connectivity index (χ1v) is 10.6. The van der Waals surface area contributed by atoms with Crippen LogP contribution in [0.3, 0.4) is 0 Å². The predicted octanol–water partition coefficient (Wildman–Crippen LogP) is 2.52. The van der Waals surface area contributed by atoms with Crippen LogP contribution in [0.2, 0.25) is 5.02 Å². The van der Waals surface area contributed by atoms with Crippen LogP contribution in [-0.2, 0) is 16.4 Å². The lowest BCUT2D eigenvalue weighted by Crippen LogP contribution is -2.49. The Labute approximate surface area is 165 Å². The van der Waals surface area contributed by atoms with Crippen LogP contribution in [0, 0.1) is 6.92 Å². The molecule has 2 aromatic rings. The molecule has 1 saturated heterocycles. The van der Waals surface area contributed by atoms with Gasteiger partial charge in [-0.25, -0.2) is 18.4 Å². The summed E-state index contributed by atoms with van der Waals surface area (Å²) in [4.78, 5) is 11.1. The highest BCUT2D eigenvalue weighted by molar-refractivity contribution is 7.89. The van der Waals surface area contributed by atoms with Crippen molar-refractivity contribution < 1.29 is 13.2 Å². The van der Waals surface area contributed by atoms with Crippen molar-refractivity contribution >= 4 is 27.4 Å². The van der Waals surface area contributed by atoms with E-state index in [2.05, 4.69) is 21.8 Å². The van der Waals surface area contributed by atoms with Gasteiger partial charge in [0.15, 0.2) is 0 Å². The van der Waals surface area contributed by atoms with Gasteiger partial charge in [-0.05, 0) is 31.5 Å². The molecule has 0 saturated carbocycles. The largest absolute Gasteiger partial charge is 0.495 e. The van der Waals surface area contributed by atoms with Gasteiger partial charge in [-0.3, -0.25) is 0 Å². The molecule has 1 fully saturated rings. The lowest BCUT2D eigenvalue weighted by Gasteiger charge is -2.35. The molecule has 0 amide bonds. The van der Waals surface area contributed by atoms with Crippen LogP contribution in [0.4, 0.5) is 5.82 Å². The van der Waals surface area contributed by atoms with Crippen molar-refractivity contribution in [3.05, 3.63) is 40.8 Å². The number of ether oxygens (including phenoxy) is 1. The third-order valence-corrected chi connectivity index (χ3v) is 6.70. The highest BCUT2D eigenvalue weighted by Crippen LogP contribution is 2.30. The minimum Gasteiger partial charge on any atom is -0.495 e. The van der Waals surface area contributed by atoms with Crippen LogP contribution >= 0.6 is 11.6 Å². The Morgan fingerprint density at radius 1 is 1.15 bits per heavy atom. The standard InChI is InChI=1S/C18H23ClN4O3S/c1-4-15-12-18(21-13(2)20-15)22-7-9-23(10-8-22)27(24,25)17-11-14(19)5-6-16(17)26-3/h5-6,11-12H,4,7-10H2,1-3H3. The van der Waals surface area contributed by atoms with E-state index in [4.69, 9.17) is 16.3 Å². The first kappa shape index (κ1) is 19.9. The summed E-state index contributed by atoms with van der Waals surface area (Å²) in [7, 11) is -2.24. The molecule has 1 aliphatic rings. The average molecular weight is 411 g/mol. The lowest BCUT2D eigenvalue weighted by atomic mass is 10.3. The van der Waals surface area contributed by atoms with Gasteiger partial charge >= 0.3 is 0 Å². The van der Waals surface area contributed by atoms with Gasteiger partial charge in [0, 0.05) is 43.0 Å². The van der Waals surface area contributed by atoms with E-state index in [1.54, 1.807) is 12.1 Å². The topological polar surface area (TPSA) is 75.6 Å². The zero-order valence-electron chi connectivity index (χ0n) is 15.6. The molecule has 0 aliphatic carbocycles. The smallest absolute Gasteiger partial charge is 0.246 e. The number of rotatable bonds is 5. The maximum atomic E-state index is 13.1. The molecule has 1 aromatic heterocycles. The summed E-state index contributed by atoms with van der Waals surface area (Å²) in [5.41, 5.74) is 0.983. The number of anilines is 1. The number of benzene rings is 1. The molecule has 3 rings (SSSR count). The third kappa shape index (κ3) is 4.17. The first-order valence-electron chi connectivity index (χ1n) is 8.78. The zero-order chi connectivity index (χ0) is 19.6. The van der Waals surface area contributed by atoms with E-state index in [0.29, 0.717) is 37.0 Å². The van der Waals surface area contributed by atoms with Crippen molar-refractivity contribution in [1.29, 1.82) is 0 Å². The Morgan fingerprint density at radius 3 is 2.48 bits per heavy atom. The third-order valence-electron chi connectivity index (χ3n) is 4.55. The maximum Gasteiger partial charge on any atom is 0.246 e. The molecule has 7 nitrogen and oxygen atoms in total. The quantitative estimate of drug-likeness (QED) is 0.753.